The molecule has 102 valence electrons. The molecule has 0 bridgehead atoms. The van der Waals surface area contributed by atoms with E-state index in [9.17, 15) is 0 Å². The lowest BCUT2D eigenvalue weighted by Crippen LogP contribution is -2.17. The molecule has 6 heteroatoms. The zero-order valence-electron chi connectivity index (χ0n) is 12.1. The Morgan fingerprint density at radius 3 is 2.22 bits per heavy atom. The van der Waals surface area contributed by atoms with Crippen LogP contribution in [0.15, 0.2) is 5.16 Å². The van der Waals surface area contributed by atoms with Gasteiger partial charge in [-0.15, -0.1) is 0 Å². The molecule has 1 aromatic heterocycles. The predicted octanol–water partition coefficient (Wildman–Crippen LogP) is 1.71. The van der Waals surface area contributed by atoms with Crippen molar-refractivity contribution in [2.24, 2.45) is 0 Å². The van der Waals surface area contributed by atoms with Gasteiger partial charge in [0.25, 0.3) is 0 Å². The number of nitrogens with zero attached hydrogens (tertiary/aromatic N) is 5. The van der Waals surface area contributed by atoms with Gasteiger partial charge in [-0.05, 0) is 14.1 Å². The third-order valence-electron chi connectivity index (χ3n) is 2.31. The van der Waals surface area contributed by atoms with E-state index >= 15 is 0 Å². The molecule has 1 heterocycles. The summed E-state index contributed by atoms with van der Waals surface area (Å²) in [5.74, 6) is 2.91. The number of thioether (sulfide) groups is 1. The lowest BCUT2D eigenvalue weighted by Gasteiger charge is -2.14. The van der Waals surface area contributed by atoms with Crippen LogP contribution >= 0.6 is 11.8 Å². The molecule has 0 aromatic carbocycles. The van der Waals surface area contributed by atoms with Crippen LogP contribution in [0.25, 0.3) is 0 Å². The van der Waals surface area contributed by atoms with Crippen molar-refractivity contribution in [1.29, 1.82) is 0 Å². The average molecular weight is 269 g/mol. The first kappa shape index (κ1) is 15.2. The molecule has 0 unspecified atom stereocenters. The van der Waals surface area contributed by atoms with Gasteiger partial charge in [-0.2, -0.15) is 9.97 Å². The normalized spacial score (nSPS) is 11.3. The predicted molar refractivity (Wildman–Crippen MR) is 77.5 cm³/mol. The minimum atomic E-state index is 0.319. The number of hydrogen-bond acceptors (Lipinski definition) is 6. The first-order valence-corrected chi connectivity index (χ1v) is 7.09. The third kappa shape index (κ3) is 4.78. The Labute approximate surface area is 114 Å². The number of anilines is 1. The summed E-state index contributed by atoms with van der Waals surface area (Å²) in [5.41, 5.74) is 0. The number of rotatable bonds is 6. The molecule has 0 saturated heterocycles. The van der Waals surface area contributed by atoms with Gasteiger partial charge in [-0.3, -0.25) is 0 Å². The fourth-order valence-electron chi connectivity index (χ4n) is 1.20. The van der Waals surface area contributed by atoms with Crippen LogP contribution < -0.4 is 4.90 Å². The molecule has 0 atom stereocenters. The van der Waals surface area contributed by atoms with E-state index in [0.29, 0.717) is 5.92 Å². The zero-order chi connectivity index (χ0) is 13.7. The highest BCUT2D eigenvalue weighted by Crippen LogP contribution is 2.19. The van der Waals surface area contributed by atoms with Crippen LogP contribution in [0.1, 0.15) is 25.6 Å². The summed E-state index contributed by atoms with van der Waals surface area (Å²) < 4.78 is 0. The molecule has 0 aliphatic rings. The first-order valence-electron chi connectivity index (χ1n) is 6.11. The summed E-state index contributed by atoms with van der Waals surface area (Å²) in [6.45, 7) is 5.22. The van der Waals surface area contributed by atoms with Gasteiger partial charge in [-0.25, -0.2) is 4.98 Å². The Balaban J connectivity index is 2.83. The Morgan fingerprint density at radius 2 is 1.72 bits per heavy atom. The maximum atomic E-state index is 4.51. The molecular formula is C12H23N5S. The SMILES string of the molecule is CC(C)c1nc(SCCN(C)C)nc(N(C)C)n1. The molecule has 0 saturated carbocycles. The van der Waals surface area contributed by atoms with Gasteiger partial charge in [0.2, 0.25) is 5.95 Å². The van der Waals surface area contributed by atoms with Crippen molar-refractivity contribution in [3.63, 3.8) is 0 Å². The second-order valence-electron chi connectivity index (χ2n) is 4.98. The second-order valence-corrected chi connectivity index (χ2v) is 6.04. The van der Waals surface area contributed by atoms with E-state index in [0.717, 1.165) is 29.2 Å². The van der Waals surface area contributed by atoms with Gasteiger partial charge < -0.3 is 9.80 Å². The van der Waals surface area contributed by atoms with Crippen molar-refractivity contribution in [3.05, 3.63) is 5.82 Å². The summed E-state index contributed by atoms with van der Waals surface area (Å²) in [5, 5.41) is 0.819. The van der Waals surface area contributed by atoms with Crippen LogP contribution in [-0.4, -0.2) is 60.3 Å². The summed E-state index contributed by atoms with van der Waals surface area (Å²) >= 11 is 1.68. The highest BCUT2D eigenvalue weighted by atomic mass is 32.2. The van der Waals surface area contributed by atoms with E-state index in [1.165, 1.54) is 0 Å². The smallest absolute Gasteiger partial charge is 0.229 e. The van der Waals surface area contributed by atoms with Gasteiger partial charge >= 0.3 is 0 Å². The van der Waals surface area contributed by atoms with E-state index in [1.807, 2.05) is 19.0 Å². The maximum Gasteiger partial charge on any atom is 0.229 e. The van der Waals surface area contributed by atoms with Crippen molar-refractivity contribution < 1.29 is 0 Å². The van der Waals surface area contributed by atoms with Crippen molar-refractivity contribution in [2.45, 2.75) is 24.9 Å². The van der Waals surface area contributed by atoms with E-state index in [-0.39, 0.29) is 0 Å². The molecule has 1 aromatic rings. The second kappa shape index (κ2) is 6.89. The molecule has 0 radical (unpaired) electrons. The summed E-state index contributed by atoms with van der Waals surface area (Å²) in [6, 6.07) is 0. The van der Waals surface area contributed by atoms with Gasteiger partial charge in [0.1, 0.15) is 5.82 Å². The molecule has 0 fully saturated rings. The Bertz CT molecular complexity index is 352. The molecule has 0 aliphatic heterocycles. The lowest BCUT2D eigenvalue weighted by molar-refractivity contribution is 0.437. The van der Waals surface area contributed by atoms with Crippen LogP contribution in [0.3, 0.4) is 0 Å². The zero-order valence-corrected chi connectivity index (χ0v) is 13.0. The average Bonchev–Trinajstić information content (AvgIpc) is 2.28. The van der Waals surface area contributed by atoms with Gasteiger partial charge in [0.05, 0.1) is 0 Å². The molecule has 0 spiro atoms. The van der Waals surface area contributed by atoms with Crippen LogP contribution in [0.4, 0.5) is 5.95 Å². The van der Waals surface area contributed by atoms with E-state index in [2.05, 4.69) is 47.8 Å². The molecule has 0 aliphatic carbocycles. The molecule has 5 nitrogen and oxygen atoms in total. The molecule has 0 N–H and O–H groups in total. The van der Waals surface area contributed by atoms with Crippen LogP contribution in [0.2, 0.25) is 0 Å². The quantitative estimate of drug-likeness (QED) is 0.733. The van der Waals surface area contributed by atoms with Gasteiger partial charge in [-0.1, -0.05) is 25.6 Å². The van der Waals surface area contributed by atoms with Crippen molar-refractivity contribution >= 4 is 17.7 Å². The van der Waals surface area contributed by atoms with E-state index in [1.54, 1.807) is 11.8 Å². The summed E-state index contributed by atoms with van der Waals surface area (Å²) in [7, 11) is 8.04. The topological polar surface area (TPSA) is 45.2 Å². The van der Waals surface area contributed by atoms with Crippen molar-refractivity contribution in [2.75, 3.05) is 45.4 Å². The Hall–Kier alpha value is -0.880. The van der Waals surface area contributed by atoms with Gasteiger partial charge in [0.15, 0.2) is 5.16 Å². The number of hydrogen-bond donors (Lipinski definition) is 0. The first-order chi connectivity index (χ1) is 8.40. The fraction of sp³-hybridized carbons (Fsp3) is 0.750. The Kier molecular flexibility index (Phi) is 5.81. The standard InChI is InChI=1S/C12H23N5S/c1-9(2)10-13-11(17(5)6)15-12(14-10)18-8-7-16(3)4/h9H,7-8H2,1-6H3. The Morgan fingerprint density at radius 1 is 1.06 bits per heavy atom. The van der Waals surface area contributed by atoms with Crippen molar-refractivity contribution in [3.8, 4) is 0 Å². The molecule has 1 rings (SSSR count). The monoisotopic (exact) mass is 269 g/mol. The van der Waals surface area contributed by atoms with Crippen molar-refractivity contribution in [1.82, 2.24) is 19.9 Å². The van der Waals surface area contributed by atoms with Crippen LogP contribution in [-0.2, 0) is 0 Å². The summed E-state index contributed by atoms with van der Waals surface area (Å²) in [4.78, 5) is 17.5. The lowest BCUT2D eigenvalue weighted by atomic mass is 10.2. The largest absolute Gasteiger partial charge is 0.347 e. The van der Waals surface area contributed by atoms with Gasteiger partial charge in [0, 0.05) is 32.3 Å². The summed E-state index contributed by atoms with van der Waals surface area (Å²) in [6.07, 6.45) is 0. The highest BCUT2D eigenvalue weighted by Gasteiger charge is 2.11. The highest BCUT2D eigenvalue weighted by molar-refractivity contribution is 7.99. The number of aromatic nitrogens is 3. The third-order valence-corrected chi connectivity index (χ3v) is 3.13. The van der Waals surface area contributed by atoms with E-state index < -0.39 is 0 Å². The molecular weight excluding hydrogens is 246 g/mol. The van der Waals surface area contributed by atoms with Crippen LogP contribution in [0, 0.1) is 0 Å². The van der Waals surface area contributed by atoms with Crippen LogP contribution in [0.5, 0.6) is 0 Å². The minimum absolute atomic E-state index is 0.319. The minimum Gasteiger partial charge on any atom is -0.347 e. The molecule has 18 heavy (non-hydrogen) atoms. The maximum absolute atomic E-state index is 4.51. The fourth-order valence-corrected chi connectivity index (χ4v) is 2.15. The van der Waals surface area contributed by atoms with E-state index in [4.69, 9.17) is 0 Å². The molecule has 0 amide bonds.